The zero-order valence-electron chi connectivity index (χ0n) is 35.1. The van der Waals surface area contributed by atoms with E-state index in [2.05, 4.69) is 225 Å². The molecule has 1 aliphatic heterocycles. The van der Waals surface area contributed by atoms with Gasteiger partial charge in [-0.3, -0.25) is 0 Å². The summed E-state index contributed by atoms with van der Waals surface area (Å²) >= 11 is 0. The fourth-order valence-electron chi connectivity index (χ4n) is 8.39. The van der Waals surface area contributed by atoms with E-state index >= 15 is 0 Å². The number of benzene rings is 6. The van der Waals surface area contributed by atoms with Crippen LogP contribution in [0.25, 0.3) is 55.5 Å². The Kier molecular flexibility index (Phi) is 10.2. The molecule has 10 rings (SSSR count). The molecule has 0 radical (unpaired) electrons. The molecule has 0 spiro atoms. The number of hydrogen-bond donors (Lipinski definition) is 0. The van der Waals surface area contributed by atoms with Crippen molar-refractivity contribution in [3.8, 4) is 34.1 Å². The molecule has 0 fully saturated rings. The van der Waals surface area contributed by atoms with Gasteiger partial charge < -0.3 is 23.7 Å². The van der Waals surface area contributed by atoms with Gasteiger partial charge in [0.1, 0.15) is 5.82 Å². The first-order valence-corrected chi connectivity index (χ1v) is 20.5. The summed E-state index contributed by atoms with van der Waals surface area (Å²) in [5.74, 6) is 2.01. The Morgan fingerprint density at radius 3 is 2.03 bits per heavy atom. The molecule has 0 unspecified atom stereocenters. The Balaban J connectivity index is 0.00000476. The van der Waals surface area contributed by atoms with Crippen molar-refractivity contribution in [2.45, 2.75) is 52.4 Å². The minimum atomic E-state index is -0.0674. The van der Waals surface area contributed by atoms with E-state index in [9.17, 15) is 0 Å². The summed E-state index contributed by atoms with van der Waals surface area (Å²) in [5, 5.41) is 2.18. The van der Waals surface area contributed by atoms with Crippen LogP contribution in [0.2, 0.25) is 0 Å². The van der Waals surface area contributed by atoms with E-state index in [0.717, 1.165) is 66.8 Å². The molecule has 6 nitrogen and oxygen atoms in total. The molecule has 0 amide bonds. The Labute approximate surface area is 372 Å². The first-order valence-electron chi connectivity index (χ1n) is 20.5. The molecule has 0 aliphatic carbocycles. The van der Waals surface area contributed by atoms with Gasteiger partial charge >= 0.3 is 0 Å². The Bertz CT molecular complexity index is 3080. The van der Waals surface area contributed by atoms with Gasteiger partial charge in [-0.2, -0.15) is 6.07 Å². The van der Waals surface area contributed by atoms with Gasteiger partial charge in [0.05, 0.1) is 11.0 Å². The average molecular weight is 887 g/mol. The van der Waals surface area contributed by atoms with Crippen LogP contribution in [0, 0.1) is 18.8 Å². The van der Waals surface area contributed by atoms with E-state index in [1.54, 1.807) is 0 Å². The summed E-state index contributed by atoms with van der Waals surface area (Å²) < 4.78 is 11.5. The van der Waals surface area contributed by atoms with Crippen molar-refractivity contribution in [1.82, 2.24) is 14.1 Å². The standard InChI is InChI=1S/C54H46N5O.Pd/c1-53(2,3)39-27-28-55-50(33-39)59-49-35-42(25-26-45(49)51-52(59)44-21-13-15-23-47(44)58(51)40-19-11-8-12-20-40)60-43-32-38(37-17-9-7-10-18-37)31-41(34-43)56-29-30-57(36-56)48-24-16-14-22-46(48)54(4,5)6;/h7-33,36H,1-6H3;/q-3;. The molecule has 3 aromatic heterocycles. The summed E-state index contributed by atoms with van der Waals surface area (Å²) in [4.78, 5) is 9.29. The van der Waals surface area contributed by atoms with E-state index in [4.69, 9.17) is 9.72 Å². The predicted molar refractivity (Wildman–Crippen MR) is 247 cm³/mol. The van der Waals surface area contributed by atoms with Crippen molar-refractivity contribution >= 4 is 44.2 Å². The minimum Gasteiger partial charge on any atom is -0.509 e. The molecular formula is C54H46N5OPd-3. The van der Waals surface area contributed by atoms with E-state index in [1.165, 1.54) is 11.1 Å². The number of fused-ring (bicyclic) bond motifs is 5. The SMILES string of the molecule is CC(C)(C)c1ccnc(-n2c3[c-]c(Oc4[c-]c(N5C=CN(c6ccccc6C(C)(C)C)[CH-]5)cc(-c5ccccc5)c4)ccc3c3c2c2ccccc2n3-c2ccccc2)c1.[Pd]. The molecule has 0 saturated heterocycles. The van der Waals surface area contributed by atoms with Gasteiger partial charge in [0.25, 0.3) is 0 Å². The first-order chi connectivity index (χ1) is 29.0. The van der Waals surface area contributed by atoms with Crippen LogP contribution in [0.3, 0.4) is 0 Å². The van der Waals surface area contributed by atoms with Crippen LogP contribution in [0.15, 0.2) is 164 Å². The fraction of sp³-hybridized carbons (Fsp3) is 0.148. The Hall–Kier alpha value is -6.39. The zero-order chi connectivity index (χ0) is 41.2. The van der Waals surface area contributed by atoms with Crippen LogP contribution in [0.5, 0.6) is 11.5 Å². The van der Waals surface area contributed by atoms with Gasteiger partial charge in [-0.1, -0.05) is 137 Å². The summed E-state index contributed by atoms with van der Waals surface area (Å²) in [5.41, 5.74) is 11.8. The summed E-state index contributed by atoms with van der Waals surface area (Å²) in [6, 6.07) is 58.3. The molecule has 0 N–H and O–H groups in total. The maximum atomic E-state index is 6.84. The molecular weight excluding hydrogens is 841 g/mol. The van der Waals surface area contributed by atoms with E-state index in [-0.39, 0.29) is 31.3 Å². The topological polar surface area (TPSA) is 38.5 Å². The number of nitrogens with zero attached hydrogens (tertiary/aromatic N) is 5. The third kappa shape index (κ3) is 7.33. The third-order valence-electron chi connectivity index (χ3n) is 11.4. The van der Waals surface area contributed by atoms with Gasteiger partial charge in [0.15, 0.2) is 0 Å². The molecule has 7 heteroatoms. The molecule has 0 saturated carbocycles. The largest absolute Gasteiger partial charge is 0.509 e. The molecule has 9 aromatic rings. The second-order valence-corrected chi connectivity index (χ2v) is 17.5. The number of aromatic nitrogens is 3. The zero-order valence-corrected chi connectivity index (χ0v) is 36.7. The summed E-state index contributed by atoms with van der Waals surface area (Å²) in [6.45, 7) is 15.6. The van der Waals surface area contributed by atoms with E-state index in [0.29, 0.717) is 11.5 Å². The molecule has 4 heterocycles. The molecule has 0 atom stereocenters. The molecule has 0 bridgehead atoms. The van der Waals surface area contributed by atoms with Crippen molar-refractivity contribution in [2.75, 3.05) is 9.80 Å². The van der Waals surface area contributed by atoms with Gasteiger partial charge in [-0.25, -0.2) is 4.98 Å². The molecule has 1 aliphatic rings. The summed E-state index contributed by atoms with van der Waals surface area (Å²) in [6.07, 6.45) is 6.09. The van der Waals surface area contributed by atoms with Crippen LogP contribution in [0.1, 0.15) is 52.7 Å². The number of rotatable bonds is 7. The van der Waals surface area contributed by atoms with Crippen LogP contribution in [-0.4, -0.2) is 14.1 Å². The van der Waals surface area contributed by atoms with Crippen LogP contribution < -0.4 is 14.5 Å². The maximum absolute atomic E-state index is 6.84. The van der Waals surface area contributed by atoms with Crippen molar-refractivity contribution in [3.63, 3.8) is 0 Å². The predicted octanol–water partition coefficient (Wildman–Crippen LogP) is 13.7. The number of ether oxygens (including phenoxy) is 1. The maximum Gasteiger partial charge on any atom is 0.135 e. The number of anilines is 2. The van der Waals surface area contributed by atoms with Crippen LogP contribution in [-0.2, 0) is 31.3 Å². The summed E-state index contributed by atoms with van der Waals surface area (Å²) in [7, 11) is 0. The second-order valence-electron chi connectivity index (χ2n) is 17.5. The Morgan fingerprint density at radius 1 is 0.574 bits per heavy atom. The number of pyridine rings is 1. The minimum absolute atomic E-state index is 0. The monoisotopic (exact) mass is 886 g/mol. The van der Waals surface area contributed by atoms with Gasteiger partial charge in [-0.15, -0.1) is 48.3 Å². The number of para-hydroxylation sites is 3. The number of hydrogen-bond acceptors (Lipinski definition) is 4. The normalized spacial score (nSPS) is 13.1. The third-order valence-corrected chi connectivity index (χ3v) is 11.4. The second kappa shape index (κ2) is 15.6. The van der Waals surface area contributed by atoms with Gasteiger partial charge in [0.2, 0.25) is 0 Å². The van der Waals surface area contributed by atoms with Crippen LogP contribution in [0.4, 0.5) is 11.4 Å². The van der Waals surface area contributed by atoms with Crippen LogP contribution >= 0.6 is 0 Å². The van der Waals surface area contributed by atoms with Crippen molar-refractivity contribution in [1.29, 1.82) is 0 Å². The molecule has 306 valence electrons. The fourth-order valence-corrected chi connectivity index (χ4v) is 8.39. The molecule has 61 heavy (non-hydrogen) atoms. The van der Waals surface area contributed by atoms with Crippen molar-refractivity contribution in [2.24, 2.45) is 0 Å². The van der Waals surface area contributed by atoms with E-state index < -0.39 is 0 Å². The molecule has 6 aromatic carbocycles. The first kappa shape index (κ1) is 40.0. The van der Waals surface area contributed by atoms with Crippen molar-refractivity contribution < 1.29 is 25.2 Å². The van der Waals surface area contributed by atoms with Crippen molar-refractivity contribution in [3.05, 3.63) is 194 Å². The van der Waals surface area contributed by atoms with Gasteiger partial charge in [0, 0.05) is 60.4 Å². The quantitative estimate of drug-likeness (QED) is 0.118. The average Bonchev–Trinajstić information content (AvgIpc) is 3.97. The Morgan fingerprint density at radius 2 is 1.26 bits per heavy atom. The van der Waals surface area contributed by atoms with E-state index in [1.807, 2.05) is 18.3 Å². The smallest absolute Gasteiger partial charge is 0.135 e. The van der Waals surface area contributed by atoms with Gasteiger partial charge in [-0.05, 0) is 76.3 Å².